The van der Waals surface area contributed by atoms with E-state index in [1.54, 1.807) is 6.08 Å². The summed E-state index contributed by atoms with van der Waals surface area (Å²) >= 11 is 0. The first-order valence-corrected chi connectivity index (χ1v) is 5.24. The van der Waals surface area contributed by atoms with Gasteiger partial charge in [0.1, 0.15) is 12.2 Å². The van der Waals surface area contributed by atoms with Crippen LogP contribution >= 0.6 is 0 Å². The molecule has 0 aliphatic heterocycles. The van der Waals surface area contributed by atoms with Crippen LogP contribution < -0.4 is 5.32 Å². The number of hydrogen-bond donors (Lipinski definition) is 2. The maximum absolute atomic E-state index is 11.2. The van der Waals surface area contributed by atoms with Crippen molar-refractivity contribution in [1.29, 1.82) is 0 Å². The molecule has 0 aromatic carbocycles. The Morgan fingerprint density at radius 3 is 3.12 bits per heavy atom. The predicted octanol–water partition coefficient (Wildman–Crippen LogP) is 0.986. The molecule has 1 aromatic heterocycles. The van der Waals surface area contributed by atoms with Crippen LogP contribution in [-0.4, -0.2) is 27.6 Å². The summed E-state index contributed by atoms with van der Waals surface area (Å²) in [6.45, 7) is 2.54. The molecule has 16 heavy (non-hydrogen) atoms. The fourth-order valence-corrected chi connectivity index (χ4v) is 1.13. The molecule has 0 bridgehead atoms. The number of H-pyrrole nitrogens is 1. The number of rotatable bonds is 6. The molecule has 86 valence electrons. The molecule has 1 amide bonds. The van der Waals surface area contributed by atoms with Crippen LogP contribution in [-0.2, 0) is 11.2 Å². The number of carbonyl (C=O) groups excluding carboxylic acids is 1. The minimum absolute atomic E-state index is 0.0735. The van der Waals surface area contributed by atoms with Crippen LogP contribution in [0.1, 0.15) is 19.2 Å². The molecular weight excluding hydrogens is 204 g/mol. The van der Waals surface area contributed by atoms with Crippen molar-refractivity contribution in [3.8, 4) is 0 Å². The second-order valence-electron chi connectivity index (χ2n) is 3.21. The summed E-state index contributed by atoms with van der Waals surface area (Å²) in [5.74, 6) is 0.773. The summed E-state index contributed by atoms with van der Waals surface area (Å²) in [6.07, 6.45) is 10.0. The molecule has 0 radical (unpaired) electrons. The van der Waals surface area contributed by atoms with Gasteiger partial charge >= 0.3 is 0 Å². The molecular formula is C11H16N4O. The monoisotopic (exact) mass is 220 g/mol. The van der Waals surface area contributed by atoms with Gasteiger partial charge in [-0.3, -0.25) is 9.89 Å². The standard InChI is InChI=1S/C11H16N4O/c1-2-3-4-7-11(16)12-8-5-6-10-13-9-14-15-10/h2-4,7,9H,5-6,8H2,1H3,(H,12,16)(H,13,14,15). The smallest absolute Gasteiger partial charge is 0.243 e. The quantitative estimate of drug-likeness (QED) is 0.426. The van der Waals surface area contributed by atoms with Crippen molar-refractivity contribution in [1.82, 2.24) is 20.5 Å². The first-order chi connectivity index (χ1) is 7.83. The molecule has 0 aliphatic carbocycles. The second kappa shape index (κ2) is 7.39. The molecule has 0 saturated heterocycles. The molecule has 1 heterocycles. The van der Waals surface area contributed by atoms with Crippen LogP contribution in [0, 0.1) is 0 Å². The van der Waals surface area contributed by atoms with E-state index in [2.05, 4.69) is 20.5 Å². The number of hydrogen-bond acceptors (Lipinski definition) is 3. The van der Waals surface area contributed by atoms with E-state index in [1.807, 2.05) is 19.1 Å². The lowest BCUT2D eigenvalue weighted by Crippen LogP contribution is -2.22. The Morgan fingerprint density at radius 1 is 1.56 bits per heavy atom. The average Bonchev–Trinajstić information content (AvgIpc) is 2.78. The van der Waals surface area contributed by atoms with Crippen molar-refractivity contribution in [2.75, 3.05) is 6.54 Å². The molecule has 0 aliphatic rings. The van der Waals surface area contributed by atoms with Crippen LogP contribution in [0.2, 0.25) is 0 Å². The van der Waals surface area contributed by atoms with Gasteiger partial charge < -0.3 is 5.32 Å². The van der Waals surface area contributed by atoms with E-state index >= 15 is 0 Å². The van der Waals surface area contributed by atoms with E-state index in [1.165, 1.54) is 12.4 Å². The summed E-state index contributed by atoms with van der Waals surface area (Å²) in [5, 5.41) is 9.30. The van der Waals surface area contributed by atoms with Gasteiger partial charge in [0.25, 0.3) is 0 Å². The number of amides is 1. The highest BCUT2D eigenvalue weighted by atomic mass is 16.1. The van der Waals surface area contributed by atoms with Crippen LogP contribution in [0.15, 0.2) is 30.6 Å². The van der Waals surface area contributed by atoms with Gasteiger partial charge in [0.05, 0.1) is 0 Å². The molecule has 5 nitrogen and oxygen atoms in total. The number of aromatic amines is 1. The first kappa shape index (κ1) is 12.2. The summed E-state index contributed by atoms with van der Waals surface area (Å²) < 4.78 is 0. The predicted molar refractivity (Wildman–Crippen MR) is 61.7 cm³/mol. The molecule has 0 atom stereocenters. The van der Waals surface area contributed by atoms with Gasteiger partial charge in [0, 0.05) is 19.0 Å². The van der Waals surface area contributed by atoms with Gasteiger partial charge in [0.15, 0.2) is 0 Å². The van der Waals surface area contributed by atoms with Gasteiger partial charge in [-0.15, -0.1) is 0 Å². The van der Waals surface area contributed by atoms with E-state index in [9.17, 15) is 4.79 Å². The Kier molecular flexibility index (Phi) is 5.62. The molecule has 2 N–H and O–H groups in total. The number of aromatic nitrogens is 3. The van der Waals surface area contributed by atoms with Gasteiger partial charge in [0.2, 0.25) is 5.91 Å². The molecule has 0 fully saturated rings. The largest absolute Gasteiger partial charge is 0.353 e. The SMILES string of the molecule is CC=CC=CC(=O)NCCCc1ncn[nH]1. The van der Waals surface area contributed by atoms with E-state index in [4.69, 9.17) is 0 Å². The third kappa shape index (κ3) is 5.09. The third-order valence-corrected chi connectivity index (χ3v) is 1.91. The van der Waals surface area contributed by atoms with Gasteiger partial charge in [-0.25, -0.2) is 4.98 Å². The Hall–Kier alpha value is -1.91. The Balaban J connectivity index is 2.09. The molecule has 1 rings (SSSR count). The Morgan fingerprint density at radius 2 is 2.44 bits per heavy atom. The highest BCUT2D eigenvalue weighted by Crippen LogP contribution is 1.91. The third-order valence-electron chi connectivity index (χ3n) is 1.91. The van der Waals surface area contributed by atoms with Gasteiger partial charge in [-0.1, -0.05) is 18.2 Å². The van der Waals surface area contributed by atoms with E-state index < -0.39 is 0 Å². The number of nitrogens with zero attached hydrogens (tertiary/aromatic N) is 2. The number of aryl methyl sites for hydroxylation is 1. The topological polar surface area (TPSA) is 70.7 Å². The van der Waals surface area contributed by atoms with Crippen LogP contribution in [0.3, 0.4) is 0 Å². The summed E-state index contributed by atoms with van der Waals surface area (Å²) in [6, 6.07) is 0. The summed E-state index contributed by atoms with van der Waals surface area (Å²) in [5.41, 5.74) is 0. The zero-order valence-electron chi connectivity index (χ0n) is 9.31. The van der Waals surface area contributed by atoms with Crippen LogP contribution in [0.25, 0.3) is 0 Å². The van der Waals surface area contributed by atoms with Crippen molar-refractivity contribution in [2.45, 2.75) is 19.8 Å². The van der Waals surface area contributed by atoms with Crippen LogP contribution in [0.4, 0.5) is 0 Å². The zero-order valence-corrected chi connectivity index (χ0v) is 9.31. The lowest BCUT2D eigenvalue weighted by Gasteiger charge is -1.99. The van der Waals surface area contributed by atoms with E-state index in [0.717, 1.165) is 18.7 Å². The minimum atomic E-state index is -0.0735. The van der Waals surface area contributed by atoms with E-state index in [-0.39, 0.29) is 5.91 Å². The summed E-state index contributed by atoms with van der Waals surface area (Å²) in [7, 11) is 0. The average molecular weight is 220 g/mol. The molecule has 0 spiro atoms. The Bertz CT molecular complexity index is 354. The molecule has 1 aromatic rings. The van der Waals surface area contributed by atoms with Crippen molar-refractivity contribution in [3.05, 3.63) is 36.5 Å². The van der Waals surface area contributed by atoms with Crippen molar-refractivity contribution < 1.29 is 4.79 Å². The summed E-state index contributed by atoms with van der Waals surface area (Å²) in [4.78, 5) is 15.2. The fourth-order valence-electron chi connectivity index (χ4n) is 1.13. The molecule has 5 heteroatoms. The van der Waals surface area contributed by atoms with Crippen molar-refractivity contribution in [3.63, 3.8) is 0 Å². The fraction of sp³-hybridized carbons (Fsp3) is 0.364. The number of nitrogens with one attached hydrogen (secondary N) is 2. The van der Waals surface area contributed by atoms with Gasteiger partial charge in [-0.2, -0.15) is 5.10 Å². The van der Waals surface area contributed by atoms with Gasteiger partial charge in [-0.05, 0) is 13.3 Å². The zero-order chi connectivity index (χ0) is 11.6. The number of allylic oxidation sites excluding steroid dienone is 3. The normalized spacial score (nSPS) is 11.3. The highest BCUT2D eigenvalue weighted by Gasteiger charge is 1.96. The highest BCUT2D eigenvalue weighted by molar-refractivity contribution is 5.87. The molecule has 0 unspecified atom stereocenters. The maximum atomic E-state index is 11.2. The second-order valence-corrected chi connectivity index (χ2v) is 3.21. The molecule has 0 saturated carbocycles. The maximum Gasteiger partial charge on any atom is 0.243 e. The van der Waals surface area contributed by atoms with E-state index in [0.29, 0.717) is 6.54 Å². The minimum Gasteiger partial charge on any atom is -0.353 e. The lowest BCUT2D eigenvalue weighted by atomic mass is 10.3. The Labute approximate surface area is 94.7 Å². The van der Waals surface area contributed by atoms with Crippen LogP contribution in [0.5, 0.6) is 0 Å². The lowest BCUT2D eigenvalue weighted by molar-refractivity contribution is -0.116. The first-order valence-electron chi connectivity index (χ1n) is 5.24. The van der Waals surface area contributed by atoms with Crippen molar-refractivity contribution >= 4 is 5.91 Å². The number of carbonyl (C=O) groups is 1. The van der Waals surface area contributed by atoms with Crippen molar-refractivity contribution in [2.24, 2.45) is 0 Å².